The molecule has 4 rings (SSSR count). The number of allylic oxidation sites excluding steroid dienone is 1. The number of pyridine rings is 1. The van der Waals surface area contributed by atoms with Gasteiger partial charge in [0, 0.05) is 62.1 Å². The number of nitrogens with one attached hydrogen (secondary N) is 2. The van der Waals surface area contributed by atoms with E-state index in [0.29, 0.717) is 23.4 Å². The van der Waals surface area contributed by atoms with Gasteiger partial charge >= 0.3 is 0 Å². The summed E-state index contributed by atoms with van der Waals surface area (Å²) in [4.78, 5) is 55.4. The molecule has 0 saturated carbocycles. The van der Waals surface area contributed by atoms with E-state index in [4.69, 9.17) is 9.47 Å². The number of benzene rings is 2. The van der Waals surface area contributed by atoms with E-state index in [2.05, 4.69) is 10.3 Å². The molecule has 242 valence electrons. The highest BCUT2D eigenvalue weighted by Gasteiger charge is 2.22. The van der Waals surface area contributed by atoms with Crippen LogP contribution in [-0.2, 0) is 38.7 Å². The Kier molecular flexibility index (Phi) is 11.6. The molecule has 0 spiro atoms. The highest BCUT2D eigenvalue weighted by atomic mass is 19.1. The third-order valence-corrected chi connectivity index (χ3v) is 7.20. The van der Waals surface area contributed by atoms with Crippen LogP contribution in [-0.4, -0.2) is 65.9 Å². The van der Waals surface area contributed by atoms with Gasteiger partial charge in [0.1, 0.15) is 30.6 Å². The van der Waals surface area contributed by atoms with E-state index >= 15 is 0 Å². The molecule has 0 bridgehead atoms. The van der Waals surface area contributed by atoms with Crippen LogP contribution < -0.4 is 15.6 Å². The third-order valence-electron chi connectivity index (χ3n) is 7.20. The average Bonchev–Trinajstić information content (AvgIpc) is 3.43. The lowest BCUT2D eigenvalue weighted by molar-refractivity contribution is -0.130. The number of aromatic nitrogens is 2. The number of fused-ring (bicyclic) bond motifs is 1. The molecule has 46 heavy (non-hydrogen) atoms. The van der Waals surface area contributed by atoms with E-state index in [1.807, 2.05) is 12.1 Å². The molecule has 0 aliphatic heterocycles. The zero-order valence-corrected chi connectivity index (χ0v) is 25.8. The second-order valence-corrected chi connectivity index (χ2v) is 10.9. The first-order valence-electron chi connectivity index (χ1n) is 14.6. The minimum atomic E-state index is -0.884. The number of nitrogens with zero attached hydrogens (tertiary/aromatic N) is 2. The van der Waals surface area contributed by atoms with Crippen molar-refractivity contribution in [3.8, 4) is 5.75 Å². The SMILES string of the molecule is COCC(=O)N[C@@H](CC/C=C/C(=O)N(C)C)C(=O)Cc1cccn(Cc2cc3cccc(OCc4ccc(F)cc4F)c3[nH]2)c1=O. The highest BCUT2D eigenvalue weighted by Crippen LogP contribution is 2.27. The van der Waals surface area contributed by atoms with Crippen LogP contribution in [0.1, 0.15) is 29.7 Å². The molecular weight excluding hydrogens is 598 g/mol. The van der Waals surface area contributed by atoms with E-state index in [1.54, 1.807) is 50.6 Å². The van der Waals surface area contributed by atoms with Gasteiger partial charge in [-0.1, -0.05) is 24.3 Å². The summed E-state index contributed by atoms with van der Waals surface area (Å²) in [6.07, 6.45) is 5.04. The zero-order valence-electron chi connectivity index (χ0n) is 25.8. The predicted molar refractivity (Wildman–Crippen MR) is 168 cm³/mol. The van der Waals surface area contributed by atoms with Crippen molar-refractivity contribution in [3.63, 3.8) is 0 Å². The molecule has 0 unspecified atom stereocenters. The maximum atomic E-state index is 14.1. The minimum absolute atomic E-state index is 0.105. The summed E-state index contributed by atoms with van der Waals surface area (Å²) in [5.41, 5.74) is 1.44. The number of hydrogen-bond acceptors (Lipinski definition) is 6. The summed E-state index contributed by atoms with van der Waals surface area (Å²) in [6.45, 7) is -0.163. The maximum Gasteiger partial charge on any atom is 0.254 e. The molecule has 0 aliphatic carbocycles. The summed E-state index contributed by atoms with van der Waals surface area (Å²) in [7, 11) is 4.62. The highest BCUT2D eigenvalue weighted by molar-refractivity contribution is 5.91. The Bertz CT molecular complexity index is 1800. The second-order valence-electron chi connectivity index (χ2n) is 10.9. The van der Waals surface area contributed by atoms with Gasteiger partial charge in [-0.15, -0.1) is 0 Å². The lowest BCUT2D eigenvalue weighted by Gasteiger charge is -2.17. The Morgan fingerprint density at radius 2 is 1.87 bits per heavy atom. The molecule has 10 nitrogen and oxygen atoms in total. The first-order valence-corrected chi connectivity index (χ1v) is 14.6. The number of aromatic amines is 1. The fraction of sp³-hybridized carbons (Fsp3) is 0.294. The van der Waals surface area contributed by atoms with Crippen molar-refractivity contribution in [3.05, 3.63) is 112 Å². The smallest absolute Gasteiger partial charge is 0.254 e. The summed E-state index contributed by atoms with van der Waals surface area (Å²) in [5, 5.41) is 3.47. The quantitative estimate of drug-likeness (QED) is 0.191. The number of Topliss-reactive ketones (excluding diaryl/α,β-unsaturated/α-hetero) is 1. The molecule has 2 aromatic heterocycles. The zero-order chi connectivity index (χ0) is 33.2. The Balaban J connectivity index is 1.47. The molecule has 1 atom stereocenters. The normalized spacial score (nSPS) is 11.9. The van der Waals surface area contributed by atoms with Crippen molar-refractivity contribution in [1.82, 2.24) is 19.8 Å². The summed E-state index contributed by atoms with van der Waals surface area (Å²) in [6, 6.07) is 12.9. The van der Waals surface area contributed by atoms with E-state index in [0.717, 1.165) is 11.5 Å². The van der Waals surface area contributed by atoms with E-state index in [1.165, 1.54) is 34.8 Å². The van der Waals surface area contributed by atoms with Gasteiger partial charge in [0.25, 0.3) is 5.56 Å². The second kappa shape index (κ2) is 15.8. The molecular formula is C34H36F2N4O6. The topological polar surface area (TPSA) is 123 Å². The van der Waals surface area contributed by atoms with E-state index < -0.39 is 23.6 Å². The van der Waals surface area contributed by atoms with Crippen LogP contribution in [0.5, 0.6) is 5.75 Å². The molecule has 0 radical (unpaired) electrons. The first-order chi connectivity index (χ1) is 22.0. The van der Waals surface area contributed by atoms with Gasteiger partial charge in [0.05, 0.1) is 18.1 Å². The fourth-order valence-corrected chi connectivity index (χ4v) is 4.80. The van der Waals surface area contributed by atoms with E-state index in [9.17, 15) is 28.0 Å². The van der Waals surface area contributed by atoms with Gasteiger partial charge in [-0.25, -0.2) is 8.78 Å². The number of ether oxygens (including phenoxy) is 2. The van der Waals surface area contributed by atoms with Crippen LogP contribution in [0.2, 0.25) is 0 Å². The Hall–Kier alpha value is -5.10. The predicted octanol–water partition coefficient (Wildman–Crippen LogP) is 3.90. The first kappa shape index (κ1) is 33.8. The van der Waals surface area contributed by atoms with Crippen molar-refractivity contribution >= 4 is 28.5 Å². The largest absolute Gasteiger partial charge is 0.487 e. The van der Waals surface area contributed by atoms with Crippen molar-refractivity contribution in [2.45, 2.75) is 38.5 Å². The van der Waals surface area contributed by atoms with Crippen LogP contribution in [0.15, 0.2) is 77.7 Å². The molecule has 2 heterocycles. The maximum absolute atomic E-state index is 14.1. The van der Waals surface area contributed by atoms with Gasteiger partial charge in [0.15, 0.2) is 5.78 Å². The van der Waals surface area contributed by atoms with Crippen molar-refractivity contribution in [2.24, 2.45) is 0 Å². The number of para-hydroxylation sites is 1. The van der Waals surface area contributed by atoms with Gasteiger partial charge in [-0.05, 0) is 49.2 Å². The minimum Gasteiger partial charge on any atom is -0.487 e. The van der Waals surface area contributed by atoms with Crippen LogP contribution in [0.3, 0.4) is 0 Å². The number of amides is 2. The number of carbonyl (C=O) groups excluding carboxylic acids is 3. The Morgan fingerprint density at radius 1 is 1.07 bits per heavy atom. The summed E-state index contributed by atoms with van der Waals surface area (Å²) >= 11 is 0. The van der Waals surface area contributed by atoms with Crippen molar-refractivity contribution < 1.29 is 32.6 Å². The number of likely N-dealkylation sites (N-methyl/N-ethyl adjacent to an activating group) is 1. The monoisotopic (exact) mass is 634 g/mol. The van der Waals surface area contributed by atoms with Crippen LogP contribution in [0.4, 0.5) is 8.78 Å². The number of methoxy groups -OCH3 is 1. The molecule has 0 aliphatic rings. The average molecular weight is 635 g/mol. The number of H-pyrrole nitrogens is 1. The molecule has 2 amide bonds. The molecule has 0 saturated heterocycles. The number of hydrogen-bond donors (Lipinski definition) is 2. The van der Waals surface area contributed by atoms with Gasteiger partial charge < -0.3 is 29.2 Å². The van der Waals surface area contributed by atoms with Gasteiger partial charge in [-0.3, -0.25) is 19.2 Å². The molecule has 2 N–H and O–H groups in total. The number of rotatable bonds is 15. The molecule has 4 aromatic rings. The van der Waals surface area contributed by atoms with Gasteiger partial charge in [0.2, 0.25) is 11.8 Å². The lowest BCUT2D eigenvalue weighted by Crippen LogP contribution is -2.43. The van der Waals surface area contributed by atoms with Crippen molar-refractivity contribution in [1.29, 1.82) is 0 Å². The summed E-state index contributed by atoms with van der Waals surface area (Å²) in [5.74, 6) is -1.93. The molecule has 12 heteroatoms. The number of halogens is 2. The Labute approximate surface area is 264 Å². The molecule has 0 fully saturated rings. The van der Waals surface area contributed by atoms with E-state index in [-0.39, 0.29) is 61.0 Å². The van der Waals surface area contributed by atoms with Crippen LogP contribution >= 0.6 is 0 Å². The van der Waals surface area contributed by atoms with Gasteiger partial charge in [-0.2, -0.15) is 0 Å². The van der Waals surface area contributed by atoms with Crippen molar-refractivity contribution in [2.75, 3.05) is 27.8 Å². The standard InChI is InChI=1S/C34H36F2N4O6/c1-39(2)32(43)12-5-4-10-28(38-31(42)21-45-3)29(41)17-23-9-7-15-40(34(23)44)19-26-16-22-8-6-11-30(33(22)37-26)46-20-24-13-14-25(35)18-27(24)36/h5-9,11-16,18,28,37H,4,10,17,19-21H2,1-3H3,(H,38,42)/b12-5+/t28-/m0/s1. The lowest BCUT2D eigenvalue weighted by atomic mass is 10.0. The van der Waals surface area contributed by atoms with Crippen LogP contribution in [0, 0.1) is 11.6 Å². The fourth-order valence-electron chi connectivity index (χ4n) is 4.80. The summed E-state index contributed by atoms with van der Waals surface area (Å²) < 4.78 is 39.5. The molecule has 2 aromatic carbocycles. The number of ketones is 1. The third kappa shape index (κ3) is 8.98. The van der Waals surface area contributed by atoms with Crippen LogP contribution in [0.25, 0.3) is 10.9 Å². The Morgan fingerprint density at radius 3 is 2.61 bits per heavy atom. The number of carbonyl (C=O) groups is 3.